The summed E-state index contributed by atoms with van der Waals surface area (Å²) in [5, 5.41) is 39.4. The molecule has 0 spiro atoms. The van der Waals surface area contributed by atoms with Crippen LogP contribution in [0.3, 0.4) is 0 Å². The summed E-state index contributed by atoms with van der Waals surface area (Å²) in [5.41, 5.74) is 12.0. The molecule has 0 saturated heterocycles. The van der Waals surface area contributed by atoms with Crippen molar-refractivity contribution in [3.63, 3.8) is 0 Å². The number of para-hydroxylation sites is 2. The van der Waals surface area contributed by atoms with Gasteiger partial charge in [-0.05, 0) is 177 Å². The van der Waals surface area contributed by atoms with Gasteiger partial charge >= 0.3 is 5.97 Å². The van der Waals surface area contributed by atoms with Gasteiger partial charge in [-0.25, -0.2) is 0 Å². The average Bonchev–Trinajstić information content (AvgIpc) is 0.770. The fraction of sp³-hybridized carbons (Fsp3) is 0.202. The number of aliphatic hydroxyl groups excluding tert-OH is 1. The molecular formula is C99H100O19. The summed E-state index contributed by atoms with van der Waals surface area (Å²) in [7, 11) is 14.2. The lowest BCUT2D eigenvalue weighted by Crippen LogP contribution is -2.24. The van der Waals surface area contributed by atoms with Gasteiger partial charge in [0.15, 0.2) is 80.5 Å². The third kappa shape index (κ3) is 24.1. The first-order valence-corrected chi connectivity index (χ1v) is 38.2. The van der Waals surface area contributed by atoms with Crippen LogP contribution in [0.1, 0.15) is 97.2 Å². The van der Waals surface area contributed by atoms with Gasteiger partial charge in [0.05, 0.1) is 76.5 Å². The molecule has 0 bridgehead atoms. The number of hydrogen-bond donors (Lipinski definition) is 4. The van der Waals surface area contributed by atoms with Gasteiger partial charge in [-0.1, -0.05) is 200 Å². The van der Waals surface area contributed by atoms with Crippen molar-refractivity contribution in [1.29, 1.82) is 0 Å². The quantitative estimate of drug-likeness (QED) is 0.0280. The molecule has 0 saturated carbocycles. The number of benzene rings is 13. The first-order chi connectivity index (χ1) is 57.6. The Hall–Kier alpha value is -13.9. The molecule has 0 fully saturated rings. The number of methoxy groups -OCH3 is 9. The van der Waals surface area contributed by atoms with Crippen LogP contribution in [0.5, 0.6) is 92.0 Å². The van der Waals surface area contributed by atoms with Crippen LogP contribution in [0.4, 0.5) is 0 Å². The van der Waals surface area contributed by atoms with E-state index in [0.29, 0.717) is 119 Å². The second kappa shape index (κ2) is 44.7. The second-order valence-corrected chi connectivity index (χ2v) is 26.8. The number of carbonyl (C=O) groups excluding carboxylic acids is 1. The molecule has 0 radical (unpaired) electrons. The highest BCUT2D eigenvalue weighted by atomic mass is 16.5. The van der Waals surface area contributed by atoms with Gasteiger partial charge in [0.1, 0.15) is 44.0 Å². The van der Waals surface area contributed by atoms with E-state index in [4.69, 9.17) is 66.3 Å². The zero-order chi connectivity index (χ0) is 83.6. The lowest BCUT2D eigenvalue weighted by atomic mass is 9.76. The van der Waals surface area contributed by atoms with Gasteiger partial charge in [-0.3, -0.25) is 4.79 Å². The molecule has 0 aliphatic rings. The fourth-order valence-electron chi connectivity index (χ4n) is 13.1. The average molecular weight is 1590 g/mol. The zero-order valence-electron chi connectivity index (χ0n) is 67.9. The van der Waals surface area contributed by atoms with Crippen LogP contribution in [-0.2, 0) is 48.8 Å². The number of ether oxygens (including phenoxy) is 14. The van der Waals surface area contributed by atoms with Gasteiger partial charge < -0.3 is 86.7 Å². The van der Waals surface area contributed by atoms with E-state index in [1.165, 1.54) is 14.2 Å². The van der Waals surface area contributed by atoms with Crippen molar-refractivity contribution < 1.29 is 91.5 Å². The lowest BCUT2D eigenvalue weighted by Gasteiger charge is -2.29. The Labute approximate surface area is 690 Å². The van der Waals surface area contributed by atoms with Crippen molar-refractivity contribution >= 4 is 5.97 Å². The number of carbonyl (C=O) groups is 1. The van der Waals surface area contributed by atoms with Crippen LogP contribution in [0.25, 0.3) is 0 Å². The number of rotatable bonds is 33. The smallest absolute Gasteiger partial charge is 0.314 e. The molecule has 13 rings (SSSR count). The van der Waals surface area contributed by atoms with E-state index >= 15 is 0 Å². The molecule has 118 heavy (non-hydrogen) atoms. The SMILES string of the molecule is CCOC(=O)C(c1ccc(OCc2ccccc2)c(OC)c1)C(c1ccc(OCc2ccccc2)c(OC)c1)c1ccc(OCc2ccccc2)c(OC)c1.COc1cc(C(O)c2ccccc2OC)ccc1OCc1ccccc1.COc1cc(Cc2ccc(O)c(OC)c2)ccc1O.COc1cc(Cc2ccccc2OC)ccc1O. The van der Waals surface area contributed by atoms with Gasteiger partial charge in [0.25, 0.3) is 0 Å². The molecule has 4 N–H and O–H groups in total. The Balaban J connectivity index is 0.000000190. The highest BCUT2D eigenvalue weighted by Crippen LogP contribution is 2.47. The summed E-state index contributed by atoms with van der Waals surface area (Å²) in [6.45, 7) is 3.54. The first kappa shape index (κ1) is 86.5. The summed E-state index contributed by atoms with van der Waals surface area (Å²) in [6.07, 6.45) is 0.580. The van der Waals surface area contributed by atoms with Crippen LogP contribution in [0.2, 0.25) is 0 Å². The van der Waals surface area contributed by atoms with Crippen molar-refractivity contribution in [2.75, 3.05) is 70.6 Å². The molecule has 0 aliphatic heterocycles. The molecule has 2 atom stereocenters. The van der Waals surface area contributed by atoms with Crippen molar-refractivity contribution in [2.45, 2.75) is 64.1 Å². The van der Waals surface area contributed by atoms with E-state index < -0.39 is 23.9 Å². The van der Waals surface area contributed by atoms with E-state index in [9.17, 15) is 25.2 Å². The van der Waals surface area contributed by atoms with Crippen LogP contribution in [0.15, 0.2) is 297 Å². The maximum absolute atomic E-state index is 14.3. The molecule has 19 heteroatoms. The third-order valence-electron chi connectivity index (χ3n) is 19.1. The standard InChI is InChI=1S/C47H46O8.C22H22O4.C15H16O4.C15H16O3/c1-5-52-47(48)46(38-23-26-41(44(29-38)51-4)55-32-35-19-13-8-14-20-35)45(36-21-24-39(42(27-36)49-2)53-30-33-15-9-6-10-16-33)37-22-25-40(43(28-37)50-3)54-31-34-17-11-7-12-18-34;1-24-19-11-7-6-10-18(19)22(23)17-12-13-20(21(14-17)25-2)26-15-16-8-4-3-5-9-16;1-18-14-8-10(3-5-12(14)16)7-11-4-6-13(17)15(9-11)19-2;1-17-14-6-4-3-5-12(14)9-11-7-8-13(16)15(10-11)18-2/h6-29,45-46H,5,30-32H2,1-4H3;3-14,22-23H,15H2,1-2H3;3-6,8-9,16-17H,7H2,1-2H3;3-8,10,16H,9H2,1-2H3. The highest BCUT2D eigenvalue weighted by molar-refractivity contribution is 5.81. The first-order valence-electron chi connectivity index (χ1n) is 38.2. The van der Waals surface area contributed by atoms with Crippen LogP contribution >= 0.6 is 0 Å². The molecule has 0 heterocycles. The monoisotopic (exact) mass is 1590 g/mol. The minimum Gasteiger partial charge on any atom is -0.504 e. The molecule has 13 aromatic rings. The summed E-state index contributed by atoms with van der Waals surface area (Å²) >= 11 is 0. The van der Waals surface area contributed by atoms with Gasteiger partial charge in [0, 0.05) is 17.9 Å². The summed E-state index contributed by atoms with van der Waals surface area (Å²) in [6, 6.07) is 93.3. The lowest BCUT2D eigenvalue weighted by molar-refractivity contribution is -0.145. The second-order valence-electron chi connectivity index (χ2n) is 26.8. The van der Waals surface area contributed by atoms with Crippen LogP contribution in [0, 0.1) is 0 Å². The maximum atomic E-state index is 14.3. The van der Waals surface area contributed by atoms with Crippen LogP contribution in [-0.4, -0.2) is 97.0 Å². The molecular weight excluding hydrogens is 1490 g/mol. The molecule has 2 unspecified atom stereocenters. The van der Waals surface area contributed by atoms with Gasteiger partial charge in [-0.15, -0.1) is 0 Å². The van der Waals surface area contributed by atoms with Gasteiger partial charge in [-0.2, -0.15) is 0 Å². The van der Waals surface area contributed by atoms with Gasteiger partial charge in [0.2, 0.25) is 0 Å². The molecule has 13 aromatic carbocycles. The molecule has 610 valence electrons. The summed E-state index contributed by atoms with van der Waals surface area (Å²) in [5.74, 6) is 5.94. The topological polar surface area (TPSA) is 227 Å². The van der Waals surface area contributed by atoms with E-state index in [1.807, 2.05) is 261 Å². The number of aromatic hydroxyl groups is 3. The van der Waals surface area contributed by atoms with E-state index in [0.717, 1.165) is 67.8 Å². The molecule has 0 amide bonds. The van der Waals surface area contributed by atoms with Crippen LogP contribution < -0.4 is 61.6 Å². The van der Waals surface area contributed by atoms with E-state index in [2.05, 4.69) is 0 Å². The van der Waals surface area contributed by atoms with E-state index in [-0.39, 0.29) is 23.9 Å². The predicted molar refractivity (Wildman–Crippen MR) is 456 cm³/mol. The van der Waals surface area contributed by atoms with E-state index in [1.54, 1.807) is 93.1 Å². The fourth-order valence-corrected chi connectivity index (χ4v) is 13.1. The van der Waals surface area contributed by atoms with Crippen molar-refractivity contribution in [2.24, 2.45) is 0 Å². The summed E-state index contributed by atoms with van der Waals surface area (Å²) in [4.78, 5) is 14.3. The minimum atomic E-state index is -0.821. The Morgan fingerprint density at radius 2 is 0.585 bits per heavy atom. The maximum Gasteiger partial charge on any atom is 0.314 e. The molecule has 19 nitrogen and oxygen atoms in total. The normalized spacial score (nSPS) is 11.1. The third-order valence-corrected chi connectivity index (χ3v) is 19.1. The highest BCUT2D eigenvalue weighted by Gasteiger charge is 2.36. The Morgan fingerprint density at radius 1 is 0.280 bits per heavy atom. The number of hydrogen-bond acceptors (Lipinski definition) is 19. The number of phenols is 3. The predicted octanol–water partition coefficient (Wildman–Crippen LogP) is 20.0. The van der Waals surface area contributed by atoms with Crippen molar-refractivity contribution in [3.8, 4) is 92.0 Å². The number of aliphatic hydroxyl groups is 1. The molecule has 0 aliphatic carbocycles. The van der Waals surface area contributed by atoms with Crippen molar-refractivity contribution in [3.05, 3.63) is 370 Å². The zero-order valence-corrected chi connectivity index (χ0v) is 67.9. The largest absolute Gasteiger partial charge is 0.504 e. The van der Waals surface area contributed by atoms with Crippen molar-refractivity contribution in [1.82, 2.24) is 0 Å². The minimum absolute atomic E-state index is 0.120. The Bertz CT molecular complexity index is 5130. The molecule has 0 aromatic heterocycles. The Kier molecular flexibility index (Phi) is 32.7. The summed E-state index contributed by atoms with van der Waals surface area (Å²) < 4.78 is 79.2. The Morgan fingerprint density at radius 3 is 0.949 bits per heavy atom. The number of phenolic OH excluding ortho intramolecular Hbond substituents is 3. The number of esters is 1.